The highest BCUT2D eigenvalue weighted by Crippen LogP contribution is 2.11. The second-order valence-electron chi connectivity index (χ2n) is 6.06. The molecule has 1 aliphatic rings. The molecule has 1 fully saturated rings. The van der Waals surface area contributed by atoms with Gasteiger partial charge in [0.1, 0.15) is 0 Å². The van der Waals surface area contributed by atoms with Crippen LogP contribution >= 0.6 is 0 Å². The van der Waals surface area contributed by atoms with Crippen molar-refractivity contribution in [1.29, 1.82) is 0 Å². The average Bonchev–Trinajstić information content (AvgIpc) is 2.81. The topological polar surface area (TPSA) is 57.4 Å². The third-order valence-electron chi connectivity index (χ3n) is 3.80. The Balaban J connectivity index is 1.82. The van der Waals surface area contributed by atoms with Crippen LogP contribution in [0.2, 0.25) is 0 Å². The zero-order valence-electron chi connectivity index (χ0n) is 13.1. The van der Waals surface area contributed by atoms with Crippen LogP contribution in [0.3, 0.4) is 0 Å². The molecule has 6 nitrogen and oxygen atoms in total. The van der Waals surface area contributed by atoms with E-state index in [1.807, 2.05) is 0 Å². The molecule has 0 spiro atoms. The molecule has 2 heterocycles. The Morgan fingerprint density at radius 1 is 1.35 bits per heavy atom. The van der Waals surface area contributed by atoms with E-state index in [1.165, 1.54) is 0 Å². The van der Waals surface area contributed by atoms with Crippen molar-refractivity contribution in [1.82, 2.24) is 25.3 Å². The molecule has 1 saturated heterocycles. The van der Waals surface area contributed by atoms with Gasteiger partial charge in [-0.3, -0.25) is 0 Å². The second-order valence-corrected chi connectivity index (χ2v) is 6.06. The molecular formula is C14H27N5O. The summed E-state index contributed by atoms with van der Waals surface area (Å²) in [5, 5.41) is 7.46. The van der Waals surface area contributed by atoms with Gasteiger partial charge in [0.25, 0.3) is 0 Å². The molecule has 0 saturated carbocycles. The monoisotopic (exact) mass is 281 g/mol. The molecular weight excluding hydrogens is 254 g/mol. The standard InChI is InChI=1S/C14H27N5O/c1-11(2)15-6-5-14-16-13(17-20-14)9-12-10-18(3)7-8-19(12)4/h11-12,15H,5-10H2,1-4H3. The smallest absolute Gasteiger partial charge is 0.227 e. The Hall–Kier alpha value is -0.980. The van der Waals surface area contributed by atoms with Gasteiger partial charge in [0.15, 0.2) is 5.82 Å². The fourth-order valence-corrected chi connectivity index (χ4v) is 2.47. The molecule has 0 amide bonds. The van der Waals surface area contributed by atoms with Crippen LogP contribution < -0.4 is 5.32 Å². The van der Waals surface area contributed by atoms with E-state index in [4.69, 9.17) is 4.52 Å². The molecule has 0 bridgehead atoms. The van der Waals surface area contributed by atoms with Crippen LogP contribution in [0.1, 0.15) is 25.6 Å². The maximum absolute atomic E-state index is 5.32. The van der Waals surface area contributed by atoms with Crippen molar-refractivity contribution in [3.63, 3.8) is 0 Å². The van der Waals surface area contributed by atoms with E-state index in [9.17, 15) is 0 Å². The SMILES string of the molecule is CC(C)NCCc1nc(CC2CN(C)CCN2C)no1. The lowest BCUT2D eigenvalue weighted by atomic mass is 10.1. The molecule has 1 aromatic rings. The van der Waals surface area contributed by atoms with Gasteiger partial charge in [-0.2, -0.15) is 4.98 Å². The number of hydrogen-bond acceptors (Lipinski definition) is 6. The third-order valence-corrected chi connectivity index (χ3v) is 3.80. The van der Waals surface area contributed by atoms with Crippen molar-refractivity contribution in [2.24, 2.45) is 0 Å². The van der Waals surface area contributed by atoms with Crippen molar-refractivity contribution in [2.45, 2.75) is 38.8 Å². The predicted octanol–water partition coefficient (Wildman–Crippen LogP) is 0.398. The minimum Gasteiger partial charge on any atom is -0.339 e. The van der Waals surface area contributed by atoms with Gasteiger partial charge in [0.05, 0.1) is 0 Å². The normalized spacial score (nSPS) is 21.8. The predicted molar refractivity (Wildman–Crippen MR) is 78.8 cm³/mol. The van der Waals surface area contributed by atoms with Crippen LogP contribution in [-0.4, -0.2) is 72.3 Å². The molecule has 0 aliphatic carbocycles. The summed E-state index contributed by atoms with van der Waals surface area (Å²) >= 11 is 0. The quantitative estimate of drug-likeness (QED) is 0.814. The molecule has 1 unspecified atom stereocenters. The maximum Gasteiger partial charge on any atom is 0.227 e. The van der Waals surface area contributed by atoms with Crippen molar-refractivity contribution in [3.8, 4) is 0 Å². The number of likely N-dealkylation sites (N-methyl/N-ethyl adjacent to an activating group) is 2. The molecule has 1 N–H and O–H groups in total. The largest absolute Gasteiger partial charge is 0.339 e. The molecule has 6 heteroatoms. The number of aromatic nitrogens is 2. The lowest BCUT2D eigenvalue weighted by molar-refractivity contribution is 0.113. The van der Waals surface area contributed by atoms with Crippen molar-refractivity contribution in [3.05, 3.63) is 11.7 Å². The summed E-state index contributed by atoms with van der Waals surface area (Å²) in [5.74, 6) is 1.57. The first-order valence-corrected chi connectivity index (χ1v) is 7.48. The van der Waals surface area contributed by atoms with Crippen LogP contribution in [0.15, 0.2) is 4.52 Å². The zero-order chi connectivity index (χ0) is 14.5. The van der Waals surface area contributed by atoms with Crippen LogP contribution in [0, 0.1) is 0 Å². The van der Waals surface area contributed by atoms with Gasteiger partial charge in [0.2, 0.25) is 5.89 Å². The van der Waals surface area contributed by atoms with Crippen molar-refractivity contribution >= 4 is 0 Å². The van der Waals surface area contributed by atoms with Gasteiger partial charge >= 0.3 is 0 Å². The van der Waals surface area contributed by atoms with Gasteiger partial charge in [-0.15, -0.1) is 0 Å². The lowest BCUT2D eigenvalue weighted by Crippen LogP contribution is -2.50. The van der Waals surface area contributed by atoms with E-state index < -0.39 is 0 Å². The summed E-state index contributed by atoms with van der Waals surface area (Å²) in [7, 11) is 4.34. The van der Waals surface area contributed by atoms with E-state index in [2.05, 4.69) is 53.2 Å². The van der Waals surface area contributed by atoms with Crippen LogP contribution in [-0.2, 0) is 12.8 Å². The van der Waals surface area contributed by atoms with Gasteiger partial charge in [-0.25, -0.2) is 0 Å². The molecule has 114 valence electrons. The Bertz CT molecular complexity index is 406. The number of hydrogen-bond donors (Lipinski definition) is 1. The zero-order valence-corrected chi connectivity index (χ0v) is 13.1. The Labute approximate surface area is 121 Å². The highest BCUT2D eigenvalue weighted by molar-refractivity contribution is 4.93. The fraction of sp³-hybridized carbons (Fsp3) is 0.857. The van der Waals surface area contributed by atoms with Crippen molar-refractivity contribution < 1.29 is 4.52 Å². The van der Waals surface area contributed by atoms with Gasteiger partial charge in [0, 0.05) is 51.1 Å². The van der Waals surface area contributed by atoms with E-state index in [0.717, 1.165) is 50.7 Å². The van der Waals surface area contributed by atoms with Gasteiger partial charge in [-0.05, 0) is 14.1 Å². The maximum atomic E-state index is 5.32. The minimum absolute atomic E-state index is 0.480. The highest BCUT2D eigenvalue weighted by atomic mass is 16.5. The molecule has 1 aromatic heterocycles. The van der Waals surface area contributed by atoms with Crippen molar-refractivity contribution in [2.75, 3.05) is 40.3 Å². The first kappa shape index (κ1) is 15.4. The van der Waals surface area contributed by atoms with E-state index in [1.54, 1.807) is 0 Å². The summed E-state index contributed by atoms with van der Waals surface area (Å²) in [6.45, 7) is 8.44. The highest BCUT2D eigenvalue weighted by Gasteiger charge is 2.24. The molecule has 2 rings (SSSR count). The third kappa shape index (κ3) is 4.54. The molecule has 1 aliphatic heterocycles. The Morgan fingerprint density at radius 2 is 2.15 bits per heavy atom. The second kappa shape index (κ2) is 7.15. The van der Waals surface area contributed by atoms with Crippen LogP contribution in [0.5, 0.6) is 0 Å². The first-order chi connectivity index (χ1) is 9.54. The Morgan fingerprint density at radius 3 is 2.90 bits per heavy atom. The summed E-state index contributed by atoms with van der Waals surface area (Å²) < 4.78 is 5.32. The van der Waals surface area contributed by atoms with Crippen LogP contribution in [0.4, 0.5) is 0 Å². The van der Waals surface area contributed by atoms with E-state index in [0.29, 0.717) is 12.1 Å². The minimum atomic E-state index is 0.480. The average molecular weight is 281 g/mol. The van der Waals surface area contributed by atoms with Gasteiger partial charge < -0.3 is 19.6 Å². The Kier molecular flexibility index (Phi) is 5.51. The summed E-state index contributed by atoms with van der Waals surface area (Å²) in [4.78, 5) is 9.24. The molecule has 0 radical (unpaired) electrons. The first-order valence-electron chi connectivity index (χ1n) is 7.48. The number of rotatable bonds is 6. The van der Waals surface area contributed by atoms with Gasteiger partial charge in [-0.1, -0.05) is 19.0 Å². The van der Waals surface area contributed by atoms with E-state index in [-0.39, 0.29) is 0 Å². The van der Waals surface area contributed by atoms with E-state index >= 15 is 0 Å². The lowest BCUT2D eigenvalue weighted by Gasteiger charge is -2.37. The summed E-state index contributed by atoms with van der Waals surface area (Å²) in [6, 6.07) is 0.969. The number of nitrogens with zero attached hydrogens (tertiary/aromatic N) is 4. The molecule has 0 aromatic carbocycles. The summed E-state index contributed by atoms with van der Waals surface area (Å²) in [6.07, 6.45) is 1.66. The van der Waals surface area contributed by atoms with Crippen LogP contribution in [0.25, 0.3) is 0 Å². The summed E-state index contributed by atoms with van der Waals surface area (Å²) in [5.41, 5.74) is 0. The molecule has 1 atom stereocenters. The fourth-order valence-electron chi connectivity index (χ4n) is 2.47. The molecule has 20 heavy (non-hydrogen) atoms. The number of nitrogens with one attached hydrogen (secondary N) is 1. The number of piperazine rings is 1.